The summed E-state index contributed by atoms with van der Waals surface area (Å²) in [4.78, 5) is 12.9. The Kier molecular flexibility index (Phi) is 5.29. The lowest BCUT2D eigenvalue weighted by atomic mass is 10.0. The molecule has 0 saturated heterocycles. The van der Waals surface area contributed by atoms with Gasteiger partial charge in [-0.3, -0.25) is 9.69 Å². The van der Waals surface area contributed by atoms with E-state index in [0.717, 1.165) is 11.1 Å². The van der Waals surface area contributed by atoms with Crippen molar-refractivity contribution in [3.05, 3.63) is 34.9 Å². The molecule has 0 aliphatic heterocycles. The van der Waals surface area contributed by atoms with E-state index in [-0.39, 0.29) is 12.0 Å². The Labute approximate surface area is 120 Å². The van der Waals surface area contributed by atoms with Gasteiger partial charge in [0.15, 0.2) is 0 Å². The fraction of sp³-hybridized carbons (Fsp3) is 0.500. The summed E-state index contributed by atoms with van der Waals surface area (Å²) in [6.07, 6.45) is 0.132. The number of benzene rings is 1. The van der Waals surface area contributed by atoms with E-state index in [2.05, 4.69) is 31.7 Å². The summed E-state index contributed by atoms with van der Waals surface area (Å²) in [5, 5.41) is 17.7. The van der Waals surface area contributed by atoms with Crippen LogP contribution in [0, 0.1) is 18.3 Å². The first-order valence-electron chi connectivity index (χ1n) is 6.70. The highest BCUT2D eigenvalue weighted by molar-refractivity contribution is 5.66. The molecule has 0 aliphatic carbocycles. The van der Waals surface area contributed by atoms with Crippen LogP contribution in [0.3, 0.4) is 0 Å². The summed E-state index contributed by atoms with van der Waals surface area (Å²) in [5.74, 6) is -0.782. The number of rotatable bonds is 5. The minimum atomic E-state index is -0.782. The van der Waals surface area contributed by atoms with Crippen molar-refractivity contribution in [3.63, 3.8) is 0 Å². The normalized spacial score (nSPS) is 11.4. The van der Waals surface area contributed by atoms with Gasteiger partial charge in [-0.15, -0.1) is 0 Å². The Morgan fingerprint density at radius 3 is 2.50 bits per heavy atom. The molecule has 1 aromatic rings. The first-order valence-corrected chi connectivity index (χ1v) is 6.70. The van der Waals surface area contributed by atoms with Crippen LogP contribution >= 0.6 is 0 Å². The maximum absolute atomic E-state index is 10.8. The third kappa shape index (κ3) is 4.67. The molecule has 1 aromatic carbocycles. The van der Waals surface area contributed by atoms with Crippen LogP contribution in [0.15, 0.2) is 18.2 Å². The molecule has 0 amide bonds. The van der Waals surface area contributed by atoms with Crippen molar-refractivity contribution in [2.24, 2.45) is 0 Å². The summed E-state index contributed by atoms with van der Waals surface area (Å²) in [5.41, 5.74) is 2.74. The van der Waals surface area contributed by atoms with Gasteiger partial charge in [0, 0.05) is 18.6 Å². The maximum Gasteiger partial charge on any atom is 0.304 e. The highest BCUT2D eigenvalue weighted by Gasteiger charge is 2.22. The monoisotopic (exact) mass is 274 g/mol. The van der Waals surface area contributed by atoms with Crippen molar-refractivity contribution in [3.8, 4) is 6.07 Å². The predicted molar refractivity (Wildman–Crippen MR) is 78.3 cm³/mol. The van der Waals surface area contributed by atoms with E-state index >= 15 is 0 Å². The van der Waals surface area contributed by atoms with E-state index in [4.69, 9.17) is 10.4 Å². The van der Waals surface area contributed by atoms with Crippen molar-refractivity contribution in [1.29, 1.82) is 5.26 Å². The zero-order chi connectivity index (χ0) is 15.3. The number of nitrogens with zero attached hydrogens (tertiary/aromatic N) is 2. The van der Waals surface area contributed by atoms with Crippen molar-refractivity contribution < 1.29 is 9.90 Å². The molecule has 0 radical (unpaired) electrons. The molecule has 108 valence electrons. The topological polar surface area (TPSA) is 64.3 Å². The van der Waals surface area contributed by atoms with Gasteiger partial charge in [0.2, 0.25) is 0 Å². The van der Waals surface area contributed by atoms with Crippen molar-refractivity contribution in [2.75, 3.05) is 6.54 Å². The van der Waals surface area contributed by atoms with Crippen LogP contribution in [-0.2, 0) is 11.3 Å². The van der Waals surface area contributed by atoms with E-state index in [9.17, 15) is 4.79 Å². The van der Waals surface area contributed by atoms with Gasteiger partial charge in [0.1, 0.15) is 0 Å². The number of aliphatic carboxylic acids is 1. The average molecular weight is 274 g/mol. The largest absolute Gasteiger partial charge is 0.481 e. The van der Waals surface area contributed by atoms with Gasteiger partial charge in [-0.25, -0.2) is 0 Å². The average Bonchev–Trinajstić information content (AvgIpc) is 2.34. The number of carboxylic acids is 1. The first-order chi connectivity index (χ1) is 9.24. The minimum absolute atomic E-state index is 0.101. The highest BCUT2D eigenvalue weighted by Crippen LogP contribution is 2.20. The van der Waals surface area contributed by atoms with Gasteiger partial charge in [0.05, 0.1) is 18.1 Å². The second-order valence-corrected chi connectivity index (χ2v) is 5.99. The van der Waals surface area contributed by atoms with Crippen LogP contribution in [0.5, 0.6) is 0 Å². The number of hydrogen-bond acceptors (Lipinski definition) is 3. The van der Waals surface area contributed by atoms with Crippen LogP contribution in [0.25, 0.3) is 0 Å². The number of carboxylic acid groups (broad SMARTS) is 1. The van der Waals surface area contributed by atoms with E-state index in [0.29, 0.717) is 18.7 Å². The zero-order valence-corrected chi connectivity index (χ0v) is 12.6. The molecule has 0 aromatic heterocycles. The summed E-state index contributed by atoms with van der Waals surface area (Å²) in [6.45, 7) is 9.41. The number of aryl methyl sites for hydroxylation is 1. The molecule has 0 bridgehead atoms. The van der Waals surface area contributed by atoms with E-state index in [1.54, 1.807) is 6.07 Å². The Balaban J connectivity index is 2.90. The number of carbonyl (C=O) groups is 1. The lowest BCUT2D eigenvalue weighted by Crippen LogP contribution is -2.42. The van der Waals surface area contributed by atoms with Gasteiger partial charge in [-0.05, 0) is 51.0 Å². The molecule has 4 nitrogen and oxygen atoms in total. The van der Waals surface area contributed by atoms with Gasteiger partial charge < -0.3 is 5.11 Å². The van der Waals surface area contributed by atoms with Gasteiger partial charge in [-0.1, -0.05) is 6.07 Å². The smallest absolute Gasteiger partial charge is 0.304 e. The maximum atomic E-state index is 10.8. The molecule has 1 rings (SSSR count). The first kappa shape index (κ1) is 16.2. The predicted octanol–water partition coefficient (Wildman–Crippen LogP) is 2.94. The second-order valence-electron chi connectivity index (χ2n) is 5.99. The molecule has 0 saturated carbocycles. The van der Waals surface area contributed by atoms with E-state index < -0.39 is 5.97 Å². The lowest BCUT2D eigenvalue weighted by molar-refractivity contribution is -0.137. The molecule has 0 atom stereocenters. The SMILES string of the molecule is Cc1cc(C#N)ccc1CN(CCC(=O)O)C(C)(C)C. The Morgan fingerprint density at radius 2 is 2.05 bits per heavy atom. The standard InChI is InChI=1S/C16H22N2O2/c1-12-9-13(10-17)5-6-14(12)11-18(16(2,3)4)8-7-15(19)20/h5-6,9H,7-8,11H2,1-4H3,(H,19,20). The molecule has 0 heterocycles. The molecule has 1 N–H and O–H groups in total. The van der Waals surface area contributed by atoms with Crippen LogP contribution < -0.4 is 0 Å². The van der Waals surface area contributed by atoms with Crippen molar-refractivity contribution >= 4 is 5.97 Å². The number of hydrogen-bond donors (Lipinski definition) is 1. The van der Waals surface area contributed by atoms with Crippen LogP contribution in [-0.4, -0.2) is 28.1 Å². The molecule has 4 heteroatoms. The minimum Gasteiger partial charge on any atom is -0.481 e. The number of nitriles is 1. The van der Waals surface area contributed by atoms with Crippen LogP contribution in [0.4, 0.5) is 0 Å². The van der Waals surface area contributed by atoms with Gasteiger partial charge >= 0.3 is 5.97 Å². The summed E-state index contributed by atoms with van der Waals surface area (Å²) in [6, 6.07) is 7.75. The molecular formula is C16H22N2O2. The Hall–Kier alpha value is -1.86. The highest BCUT2D eigenvalue weighted by atomic mass is 16.4. The molecule has 20 heavy (non-hydrogen) atoms. The quantitative estimate of drug-likeness (QED) is 0.896. The summed E-state index contributed by atoms with van der Waals surface area (Å²) in [7, 11) is 0. The van der Waals surface area contributed by atoms with Crippen LogP contribution in [0.1, 0.15) is 43.9 Å². The second kappa shape index (κ2) is 6.53. The molecule has 0 aliphatic rings. The fourth-order valence-corrected chi connectivity index (χ4v) is 2.03. The van der Waals surface area contributed by atoms with Crippen LogP contribution in [0.2, 0.25) is 0 Å². The summed E-state index contributed by atoms with van der Waals surface area (Å²) >= 11 is 0. The van der Waals surface area contributed by atoms with Crippen molar-refractivity contribution in [2.45, 2.75) is 46.2 Å². The van der Waals surface area contributed by atoms with E-state index in [1.807, 2.05) is 19.1 Å². The van der Waals surface area contributed by atoms with Crippen molar-refractivity contribution in [1.82, 2.24) is 4.90 Å². The van der Waals surface area contributed by atoms with Gasteiger partial charge in [0.25, 0.3) is 0 Å². The van der Waals surface area contributed by atoms with Gasteiger partial charge in [-0.2, -0.15) is 5.26 Å². The third-order valence-electron chi connectivity index (χ3n) is 3.38. The van der Waals surface area contributed by atoms with E-state index in [1.165, 1.54) is 0 Å². The molecular weight excluding hydrogens is 252 g/mol. The molecule has 0 unspecified atom stereocenters. The summed E-state index contributed by atoms with van der Waals surface area (Å²) < 4.78 is 0. The molecule has 0 spiro atoms. The zero-order valence-electron chi connectivity index (χ0n) is 12.6. The fourth-order valence-electron chi connectivity index (χ4n) is 2.03. The molecule has 0 fully saturated rings. The lowest BCUT2D eigenvalue weighted by Gasteiger charge is -2.35. The third-order valence-corrected chi connectivity index (χ3v) is 3.38. The Morgan fingerprint density at radius 1 is 1.40 bits per heavy atom. The Bertz CT molecular complexity index is 524.